The third-order valence-corrected chi connectivity index (χ3v) is 8.67. The second-order valence-electron chi connectivity index (χ2n) is 11.0. The first kappa shape index (κ1) is 24.0. The van der Waals surface area contributed by atoms with Crippen molar-refractivity contribution in [2.24, 2.45) is 5.92 Å². The Morgan fingerprint density at radius 3 is 2.59 bits per heavy atom. The summed E-state index contributed by atoms with van der Waals surface area (Å²) in [7, 11) is 2.05. The highest BCUT2D eigenvalue weighted by molar-refractivity contribution is 6.10. The van der Waals surface area contributed by atoms with Crippen molar-refractivity contribution in [3.63, 3.8) is 0 Å². The molecule has 194 valence electrons. The van der Waals surface area contributed by atoms with Crippen LogP contribution in [-0.2, 0) is 32.8 Å². The molecule has 6 rings (SSSR count). The number of carbonyl (C=O) groups excluding carboxylic acids is 3. The Kier molecular flexibility index (Phi) is 5.94. The van der Waals surface area contributed by atoms with Gasteiger partial charge in [-0.2, -0.15) is 0 Å². The molecule has 0 radical (unpaired) electrons. The number of likely N-dealkylation sites (N-methyl/N-ethyl adjacent to an activating group) is 1. The molecule has 1 N–H and O–H groups in total. The van der Waals surface area contributed by atoms with E-state index in [1.807, 2.05) is 47.4 Å². The predicted octanol–water partition coefficient (Wildman–Crippen LogP) is 3.04. The van der Waals surface area contributed by atoms with Crippen molar-refractivity contribution in [2.45, 2.75) is 56.8 Å². The fourth-order valence-corrected chi connectivity index (χ4v) is 5.96. The number of nitrogens with zero attached hydrogens (tertiary/aromatic N) is 3. The van der Waals surface area contributed by atoms with Gasteiger partial charge < -0.3 is 19.9 Å². The minimum Gasteiger partial charge on any atom is -0.377 e. The molecular weight excluding hydrogens is 468 g/mol. The SMILES string of the molecule is C[C@@H](C1CC1)N(Cc1ccccc1)C(=O)CN1C(=O)NC2(CCc3cc(N(C)C4COC4)ccc32)C1=O. The second kappa shape index (κ2) is 9.17. The predicted molar refractivity (Wildman–Crippen MR) is 139 cm³/mol. The van der Waals surface area contributed by atoms with E-state index in [-0.39, 0.29) is 24.4 Å². The minimum absolute atomic E-state index is 0.0612. The normalized spacial score (nSPS) is 23.6. The number of ether oxygens (including phenoxy) is 1. The van der Waals surface area contributed by atoms with Crippen LogP contribution < -0.4 is 10.2 Å². The average Bonchev–Trinajstić information content (AvgIpc) is 3.62. The summed E-state index contributed by atoms with van der Waals surface area (Å²) in [6, 6.07) is 15.9. The van der Waals surface area contributed by atoms with Gasteiger partial charge in [-0.15, -0.1) is 0 Å². The summed E-state index contributed by atoms with van der Waals surface area (Å²) < 4.78 is 5.33. The third-order valence-electron chi connectivity index (χ3n) is 8.67. The Morgan fingerprint density at radius 1 is 1.16 bits per heavy atom. The Morgan fingerprint density at radius 2 is 1.92 bits per heavy atom. The number of aryl methyl sites for hydroxylation is 1. The van der Waals surface area contributed by atoms with E-state index < -0.39 is 11.6 Å². The van der Waals surface area contributed by atoms with Gasteiger partial charge in [-0.3, -0.25) is 14.5 Å². The van der Waals surface area contributed by atoms with Crippen LogP contribution in [0.4, 0.5) is 10.5 Å². The zero-order valence-electron chi connectivity index (χ0n) is 21.5. The van der Waals surface area contributed by atoms with Gasteiger partial charge in [0.15, 0.2) is 0 Å². The van der Waals surface area contributed by atoms with Gasteiger partial charge in [0, 0.05) is 25.3 Å². The number of hydrogen-bond acceptors (Lipinski definition) is 5. The van der Waals surface area contributed by atoms with Crippen LogP contribution in [-0.4, -0.2) is 66.5 Å². The number of carbonyl (C=O) groups is 3. The van der Waals surface area contributed by atoms with Crippen LogP contribution in [0.15, 0.2) is 48.5 Å². The third kappa shape index (κ3) is 4.17. The topological polar surface area (TPSA) is 82.2 Å². The molecule has 1 saturated carbocycles. The maximum atomic E-state index is 13.8. The molecule has 3 fully saturated rings. The lowest BCUT2D eigenvalue weighted by Gasteiger charge is -2.36. The van der Waals surface area contributed by atoms with Gasteiger partial charge in [0.25, 0.3) is 5.91 Å². The van der Waals surface area contributed by atoms with Crippen LogP contribution >= 0.6 is 0 Å². The molecule has 0 bridgehead atoms. The zero-order valence-corrected chi connectivity index (χ0v) is 21.5. The van der Waals surface area contributed by atoms with Crippen molar-refractivity contribution in [1.82, 2.24) is 15.1 Å². The summed E-state index contributed by atoms with van der Waals surface area (Å²) in [5.41, 5.74) is 2.94. The average molecular weight is 503 g/mol. The van der Waals surface area contributed by atoms with Gasteiger partial charge in [-0.05, 0) is 67.3 Å². The number of fused-ring (bicyclic) bond motifs is 2. The fraction of sp³-hybridized carbons (Fsp3) is 0.483. The molecule has 2 saturated heterocycles. The van der Waals surface area contributed by atoms with Crippen molar-refractivity contribution in [1.29, 1.82) is 0 Å². The summed E-state index contributed by atoms with van der Waals surface area (Å²) >= 11 is 0. The number of imide groups is 1. The van der Waals surface area contributed by atoms with Crippen molar-refractivity contribution in [3.8, 4) is 0 Å². The molecule has 2 aliphatic heterocycles. The molecule has 1 spiro atoms. The minimum atomic E-state index is -1.09. The standard InChI is InChI=1S/C29H34N4O4/c1-19(21-8-9-21)32(15-20-6-4-3-5-7-20)26(34)16-33-27(35)29(30-28(33)36)13-12-22-14-23(10-11-25(22)29)31(2)24-17-37-18-24/h3-7,10-11,14,19,21,24H,8-9,12-13,15-18H2,1-2H3,(H,30,36)/t19-,29?/m0/s1. The summed E-state index contributed by atoms with van der Waals surface area (Å²) in [5.74, 6) is -0.0406. The van der Waals surface area contributed by atoms with Crippen molar-refractivity contribution in [2.75, 3.05) is 31.7 Å². The molecule has 4 amide bonds. The van der Waals surface area contributed by atoms with E-state index in [0.717, 1.165) is 53.3 Å². The van der Waals surface area contributed by atoms with Crippen molar-refractivity contribution in [3.05, 3.63) is 65.2 Å². The molecule has 2 aliphatic carbocycles. The molecule has 8 nitrogen and oxygen atoms in total. The molecule has 1 unspecified atom stereocenters. The van der Waals surface area contributed by atoms with Gasteiger partial charge in [-0.1, -0.05) is 36.4 Å². The Labute approximate surface area is 217 Å². The molecule has 8 heteroatoms. The van der Waals surface area contributed by atoms with Gasteiger partial charge >= 0.3 is 6.03 Å². The molecular formula is C29H34N4O4. The molecule has 4 aliphatic rings. The van der Waals surface area contributed by atoms with Crippen LogP contribution in [0.5, 0.6) is 0 Å². The summed E-state index contributed by atoms with van der Waals surface area (Å²) in [4.78, 5) is 45.6. The van der Waals surface area contributed by atoms with E-state index in [4.69, 9.17) is 4.74 Å². The number of nitrogens with one attached hydrogen (secondary N) is 1. The van der Waals surface area contributed by atoms with Crippen LogP contribution in [0.2, 0.25) is 0 Å². The van der Waals surface area contributed by atoms with Crippen LogP contribution in [0.3, 0.4) is 0 Å². The highest BCUT2D eigenvalue weighted by Gasteiger charge is 2.56. The van der Waals surface area contributed by atoms with Gasteiger partial charge in [0.1, 0.15) is 12.1 Å². The maximum Gasteiger partial charge on any atom is 0.325 e. The largest absolute Gasteiger partial charge is 0.377 e. The first-order valence-electron chi connectivity index (χ1n) is 13.3. The Bertz CT molecular complexity index is 1230. The van der Waals surface area contributed by atoms with Crippen LogP contribution in [0.25, 0.3) is 0 Å². The first-order chi connectivity index (χ1) is 17.9. The van der Waals surface area contributed by atoms with Crippen LogP contribution in [0, 0.1) is 5.92 Å². The number of urea groups is 1. The fourth-order valence-electron chi connectivity index (χ4n) is 5.96. The van der Waals surface area contributed by atoms with Crippen LogP contribution in [0.1, 0.15) is 42.9 Å². The Hall–Kier alpha value is -3.39. The molecule has 2 aromatic carbocycles. The molecule has 0 aromatic heterocycles. The molecule has 2 atom stereocenters. The number of anilines is 1. The van der Waals surface area contributed by atoms with E-state index in [2.05, 4.69) is 30.3 Å². The number of benzene rings is 2. The lowest BCUT2D eigenvalue weighted by atomic mass is 9.91. The lowest BCUT2D eigenvalue weighted by Crippen LogP contribution is -2.47. The quantitative estimate of drug-likeness (QED) is 0.561. The van der Waals surface area contributed by atoms with E-state index in [1.54, 1.807) is 0 Å². The summed E-state index contributed by atoms with van der Waals surface area (Å²) in [6.07, 6.45) is 3.41. The van der Waals surface area contributed by atoms with E-state index in [9.17, 15) is 14.4 Å². The van der Waals surface area contributed by atoms with Gasteiger partial charge in [0.05, 0.1) is 19.3 Å². The summed E-state index contributed by atoms with van der Waals surface area (Å²) in [6.45, 7) is 3.74. The second-order valence-corrected chi connectivity index (χ2v) is 11.0. The number of amides is 4. The maximum absolute atomic E-state index is 13.8. The first-order valence-corrected chi connectivity index (χ1v) is 13.3. The molecule has 37 heavy (non-hydrogen) atoms. The van der Waals surface area contributed by atoms with Crippen molar-refractivity contribution >= 4 is 23.5 Å². The number of hydrogen-bond donors (Lipinski definition) is 1. The van der Waals surface area contributed by atoms with E-state index in [0.29, 0.717) is 31.3 Å². The van der Waals surface area contributed by atoms with Crippen molar-refractivity contribution < 1.29 is 19.1 Å². The monoisotopic (exact) mass is 502 g/mol. The smallest absolute Gasteiger partial charge is 0.325 e. The van der Waals surface area contributed by atoms with Gasteiger partial charge in [0.2, 0.25) is 5.91 Å². The Balaban J connectivity index is 1.21. The summed E-state index contributed by atoms with van der Waals surface area (Å²) in [5, 5.41) is 2.97. The molecule has 2 aromatic rings. The lowest BCUT2D eigenvalue weighted by molar-refractivity contribution is -0.141. The van der Waals surface area contributed by atoms with Gasteiger partial charge in [-0.25, -0.2) is 4.79 Å². The zero-order chi connectivity index (χ0) is 25.7. The highest BCUT2D eigenvalue weighted by Crippen LogP contribution is 2.43. The molecule has 2 heterocycles. The number of rotatable bonds is 8. The van der Waals surface area contributed by atoms with E-state index >= 15 is 0 Å². The highest BCUT2D eigenvalue weighted by atomic mass is 16.5. The van der Waals surface area contributed by atoms with E-state index in [1.165, 1.54) is 0 Å².